The normalized spacial score (nSPS) is 24.1. The van der Waals surface area contributed by atoms with Gasteiger partial charge in [-0.1, -0.05) is 35.8 Å². The van der Waals surface area contributed by atoms with E-state index < -0.39 is 0 Å². The van der Waals surface area contributed by atoms with Gasteiger partial charge in [0.05, 0.1) is 18.8 Å². The molecule has 3 unspecified atom stereocenters. The Labute approximate surface area is 137 Å². The number of anilines is 1. The highest BCUT2D eigenvalue weighted by atomic mass is 79.9. The number of rotatable bonds is 5. The Morgan fingerprint density at radius 3 is 2.86 bits per heavy atom. The summed E-state index contributed by atoms with van der Waals surface area (Å²) in [5.41, 5.74) is 8.84. The molecule has 1 aliphatic rings. The van der Waals surface area contributed by atoms with Gasteiger partial charge >= 0.3 is 0 Å². The molecular formula is C17H27BrN2O. The summed E-state index contributed by atoms with van der Waals surface area (Å²) in [5, 5.41) is 0. The third kappa shape index (κ3) is 4.21. The van der Waals surface area contributed by atoms with Gasteiger partial charge in [0.15, 0.2) is 0 Å². The predicted octanol–water partition coefficient (Wildman–Crippen LogP) is 3.73. The first-order chi connectivity index (χ1) is 10.0. The summed E-state index contributed by atoms with van der Waals surface area (Å²) < 4.78 is 6.95. The number of halogens is 1. The second-order valence-corrected chi connectivity index (χ2v) is 6.92. The molecule has 3 nitrogen and oxygen atoms in total. The molecule has 0 aliphatic carbocycles. The topological polar surface area (TPSA) is 38.5 Å². The first kappa shape index (κ1) is 16.8. The molecule has 3 atom stereocenters. The molecule has 2 rings (SSSR count). The van der Waals surface area contributed by atoms with Crippen LogP contribution in [0.3, 0.4) is 0 Å². The maximum Gasteiger partial charge on any atom is 0.0723 e. The molecule has 0 aromatic heterocycles. The minimum Gasteiger partial charge on any atom is -0.375 e. The fourth-order valence-electron chi connectivity index (χ4n) is 2.88. The van der Waals surface area contributed by atoms with E-state index in [1.165, 1.54) is 11.3 Å². The van der Waals surface area contributed by atoms with Crippen LogP contribution < -0.4 is 10.6 Å². The van der Waals surface area contributed by atoms with Gasteiger partial charge in [0.25, 0.3) is 0 Å². The number of nitrogens with zero attached hydrogens (tertiary/aromatic N) is 1. The van der Waals surface area contributed by atoms with E-state index >= 15 is 0 Å². The van der Waals surface area contributed by atoms with E-state index in [2.05, 4.69) is 59.8 Å². The van der Waals surface area contributed by atoms with E-state index in [9.17, 15) is 0 Å². The van der Waals surface area contributed by atoms with Gasteiger partial charge in [0.1, 0.15) is 0 Å². The molecule has 21 heavy (non-hydrogen) atoms. The van der Waals surface area contributed by atoms with Crippen molar-refractivity contribution >= 4 is 21.6 Å². The molecule has 4 heteroatoms. The van der Waals surface area contributed by atoms with Crippen molar-refractivity contribution < 1.29 is 4.74 Å². The van der Waals surface area contributed by atoms with Crippen molar-refractivity contribution in [2.75, 3.05) is 18.1 Å². The second kappa shape index (κ2) is 7.61. The van der Waals surface area contributed by atoms with Crippen LogP contribution in [0.4, 0.5) is 5.69 Å². The third-order valence-corrected chi connectivity index (χ3v) is 4.80. The summed E-state index contributed by atoms with van der Waals surface area (Å²) in [6.07, 6.45) is 3.31. The molecule has 1 fully saturated rings. The SMILES string of the molecule is CCC(N)Cc1ccc(Br)cc1N1CC(C)OCC1CC. The maximum atomic E-state index is 6.18. The predicted molar refractivity (Wildman–Crippen MR) is 93.0 cm³/mol. The summed E-state index contributed by atoms with van der Waals surface area (Å²) in [6.45, 7) is 8.28. The Kier molecular flexibility index (Phi) is 6.08. The van der Waals surface area contributed by atoms with Crippen LogP contribution in [0.5, 0.6) is 0 Å². The minimum absolute atomic E-state index is 0.225. The number of nitrogens with two attached hydrogens (primary N) is 1. The van der Waals surface area contributed by atoms with Crippen LogP contribution in [0.2, 0.25) is 0 Å². The Balaban J connectivity index is 2.32. The van der Waals surface area contributed by atoms with Crippen LogP contribution in [-0.2, 0) is 11.2 Å². The number of benzene rings is 1. The van der Waals surface area contributed by atoms with Crippen molar-refractivity contribution in [1.29, 1.82) is 0 Å². The van der Waals surface area contributed by atoms with Gasteiger partial charge in [-0.3, -0.25) is 0 Å². The lowest BCUT2D eigenvalue weighted by atomic mass is 10.00. The number of hydrogen-bond donors (Lipinski definition) is 1. The van der Waals surface area contributed by atoms with Crippen molar-refractivity contribution in [1.82, 2.24) is 0 Å². The molecule has 0 spiro atoms. The zero-order chi connectivity index (χ0) is 15.4. The maximum absolute atomic E-state index is 6.18. The first-order valence-corrected chi connectivity index (χ1v) is 8.76. The Morgan fingerprint density at radius 2 is 2.19 bits per heavy atom. The van der Waals surface area contributed by atoms with Crippen molar-refractivity contribution in [2.24, 2.45) is 5.73 Å². The summed E-state index contributed by atoms with van der Waals surface area (Å²) >= 11 is 3.61. The molecule has 1 aromatic carbocycles. The van der Waals surface area contributed by atoms with Gasteiger partial charge in [0.2, 0.25) is 0 Å². The van der Waals surface area contributed by atoms with Gasteiger partial charge in [-0.25, -0.2) is 0 Å². The summed E-state index contributed by atoms with van der Waals surface area (Å²) in [7, 11) is 0. The number of hydrogen-bond acceptors (Lipinski definition) is 3. The van der Waals surface area contributed by atoms with E-state index in [0.29, 0.717) is 6.04 Å². The van der Waals surface area contributed by atoms with Gasteiger partial charge in [-0.05, 0) is 43.9 Å². The smallest absolute Gasteiger partial charge is 0.0723 e. The number of morpholine rings is 1. The van der Waals surface area contributed by atoms with E-state index in [0.717, 1.165) is 36.9 Å². The molecular weight excluding hydrogens is 328 g/mol. The highest BCUT2D eigenvalue weighted by Gasteiger charge is 2.27. The van der Waals surface area contributed by atoms with Gasteiger partial charge in [-0.15, -0.1) is 0 Å². The quantitative estimate of drug-likeness (QED) is 0.875. The van der Waals surface area contributed by atoms with Crippen LogP contribution in [0.15, 0.2) is 22.7 Å². The Hall–Kier alpha value is -0.580. The Morgan fingerprint density at radius 1 is 1.43 bits per heavy atom. The largest absolute Gasteiger partial charge is 0.375 e. The minimum atomic E-state index is 0.225. The van der Waals surface area contributed by atoms with Gasteiger partial charge < -0.3 is 15.4 Å². The lowest BCUT2D eigenvalue weighted by molar-refractivity contribution is 0.0299. The highest BCUT2D eigenvalue weighted by Crippen LogP contribution is 2.31. The Bertz CT molecular complexity index is 466. The van der Waals surface area contributed by atoms with Gasteiger partial charge in [-0.2, -0.15) is 0 Å². The van der Waals surface area contributed by atoms with E-state index in [1.807, 2.05) is 0 Å². The standard InChI is InChI=1S/C17H27BrN2O/c1-4-15(19)8-13-6-7-14(18)9-17(13)20-10-12(3)21-11-16(20)5-2/h6-7,9,12,15-16H,4-5,8,10-11,19H2,1-3H3. The van der Waals surface area contributed by atoms with Crippen molar-refractivity contribution in [3.8, 4) is 0 Å². The monoisotopic (exact) mass is 354 g/mol. The molecule has 0 radical (unpaired) electrons. The fraction of sp³-hybridized carbons (Fsp3) is 0.647. The number of ether oxygens (including phenoxy) is 1. The van der Waals surface area contributed by atoms with Crippen molar-refractivity contribution in [2.45, 2.75) is 58.2 Å². The lowest BCUT2D eigenvalue weighted by Crippen LogP contribution is -2.49. The average Bonchev–Trinajstić information content (AvgIpc) is 2.48. The van der Waals surface area contributed by atoms with Crippen molar-refractivity contribution in [3.05, 3.63) is 28.2 Å². The summed E-state index contributed by atoms with van der Waals surface area (Å²) in [4.78, 5) is 2.51. The van der Waals surface area contributed by atoms with Crippen LogP contribution in [0, 0.1) is 0 Å². The van der Waals surface area contributed by atoms with E-state index in [-0.39, 0.29) is 12.1 Å². The van der Waals surface area contributed by atoms with Crippen LogP contribution >= 0.6 is 15.9 Å². The zero-order valence-corrected chi connectivity index (χ0v) is 14.9. The highest BCUT2D eigenvalue weighted by molar-refractivity contribution is 9.10. The van der Waals surface area contributed by atoms with Gasteiger partial charge in [0, 0.05) is 22.7 Å². The van der Waals surface area contributed by atoms with E-state index in [1.54, 1.807) is 0 Å². The second-order valence-electron chi connectivity index (χ2n) is 6.00. The van der Waals surface area contributed by atoms with Crippen LogP contribution in [0.25, 0.3) is 0 Å². The molecule has 1 heterocycles. The molecule has 118 valence electrons. The molecule has 0 bridgehead atoms. The third-order valence-electron chi connectivity index (χ3n) is 4.30. The van der Waals surface area contributed by atoms with Crippen LogP contribution in [0.1, 0.15) is 39.2 Å². The molecule has 0 amide bonds. The average molecular weight is 355 g/mol. The molecule has 1 saturated heterocycles. The molecule has 1 aromatic rings. The summed E-state index contributed by atoms with van der Waals surface area (Å²) in [5.74, 6) is 0. The van der Waals surface area contributed by atoms with Crippen LogP contribution in [-0.4, -0.2) is 31.3 Å². The molecule has 2 N–H and O–H groups in total. The summed E-state index contributed by atoms with van der Waals surface area (Å²) in [6, 6.07) is 7.24. The first-order valence-electron chi connectivity index (χ1n) is 7.97. The zero-order valence-electron chi connectivity index (χ0n) is 13.3. The van der Waals surface area contributed by atoms with E-state index in [4.69, 9.17) is 10.5 Å². The molecule has 1 aliphatic heterocycles. The van der Waals surface area contributed by atoms with Crippen molar-refractivity contribution in [3.63, 3.8) is 0 Å². The fourth-order valence-corrected chi connectivity index (χ4v) is 3.23. The lowest BCUT2D eigenvalue weighted by Gasteiger charge is -2.41. The molecule has 0 saturated carbocycles.